The van der Waals surface area contributed by atoms with Crippen LogP contribution in [0, 0.1) is 0 Å². The van der Waals surface area contributed by atoms with E-state index in [2.05, 4.69) is 10.0 Å². The van der Waals surface area contributed by atoms with E-state index in [9.17, 15) is 21.6 Å². The molecule has 134 valence electrons. The highest BCUT2D eigenvalue weighted by Gasteiger charge is 2.17. The van der Waals surface area contributed by atoms with Crippen LogP contribution in [0.2, 0.25) is 5.02 Å². The van der Waals surface area contributed by atoms with E-state index >= 15 is 0 Å². The number of hydrogen-bond acceptors (Lipinski definition) is 5. The van der Waals surface area contributed by atoms with Crippen LogP contribution in [-0.4, -0.2) is 29.0 Å². The van der Waals surface area contributed by atoms with Gasteiger partial charge in [-0.05, 0) is 42.5 Å². The molecule has 1 amide bonds. The molecule has 0 aliphatic heterocycles. The Morgan fingerprint density at radius 1 is 0.960 bits per heavy atom. The Labute approximate surface area is 151 Å². The first-order chi connectivity index (χ1) is 11.5. The van der Waals surface area contributed by atoms with Gasteiger partial charge in [0.1, 0.15) is 0 Å². The highest BCUT2D eigenvalue weighted by molar-refractivity contribution is 7.92. The van der Waals surface area contributed by atoms with Gasteiger partial charge in [0.15, 0.2) is 9.84 Å². The molecule has 0 saturated heterocycles. The lowest BCUT2D eigenvalue weighted by atomic mass is 10.3. The molecule has 2 aromatic carbocycles. The Hall–Kier alpha value is -2.10. The number of sulfonamides is 1. The van der Waals surface area contributed by atoms with Gasteiger partial charge in [0.05, 0.1) is 20.5 Å². The smallest absolute Gasteiger partial charge is 0.261 e. The van der Waals surface area contributed by atoms with Crippen LogP contribution in [0.4, 0.5) is 11.4 Å². The van der Waals surface area contributed by atoms with E-state index in [1.165, 1.54) is 49.4 Å². The maximum absolute atomic E-state index is 12.4. The van der Waals surface area contributed by atoms with Crippen LogP contribution < -0.4 is 10.0 Å². The van der Waals surface area contributed by atoms with Crippen molar-refractivity contribution >= 4 is 48.7 Å². The van der Waals surface area contributed by atoms with E-state index in [1.807, 2.05) is 0 Å². The van der Waals surface area contributed by atoms with Gasteiger partial charge in [-0.2, -0.15) is 0 Å². The third kappa shape index (κ3) is 4.94. The van der Waals surface area contributed by atoms with Crippen LogP contribution in [0.25, 0.3) is 0 Å². The van der Waals surface area contributed by atoms with Gasteiger partial charge in [-0.1, -0.05) is 11.6 Å². The molecule has 0 heterocycles. The number of amides is 1. The van der Waals surface area contributed by atoms with Crippen molar-refractivity contribution in [3.05, 3.63) is 47.5 Å². The quantitative estimate of drug-likeness (QED) is 0.798. The summed E-state index contributed by atoms with van der Waals surface area (Å²) < 4.78 is 49.9. The highest BCUT2D eigenvalue weighted by atomic mass is 35.5. The molecule has 2 N–H and O–H groups in total. The van der Waals surface area contributed by atoms with Gasteiger partial charge >= 0.3 is 0 Å². The lowest BCUT2D eigenvalue weighted by Gasteiger charge is -2.11. The minimum Gasteiger partial charge on any atom is -0.326 e. The molecule has 0 aliphatic carbocycles. The maximum Gasteiger partial charge on any atom is 0.261 e. The van der Waals surface area contributed by atoms with Crippen molar-refractivity contribution in [3.63, 3.8) is 0 Å². The second-order valence-electron chi connectivity index (χ2n) is 5.22. The van der Waals surface area contributed by atoms with Gasteiger partial charge < -0.3 is 5.32 Å². The summed E-state index contributed by atoms with van der Waals surface area (Å²) in [5.41, 5.74) is 0.556. The van der Waals surface area contributed by atoms with Crippen molar-refractivity contribution in [2.24, 2.45) is 0 Å². The molecule has 0 aromatic heterocycles. The van der Waals surface area contributed by atoms with E-state index < -0.39 is 19.9 Å². The summed E-state index contributed by atoms with van der Waals surface area (Å²) in [6.07, 6.45) is 1.03. The number of sulfone groups is 1. The summed E-state index contributed by atoms with van der Waals surface area (Å²) in [4.78, 5) is 10.9. The number of nitrogens with one attached hydrogen (secondary N) is 2. The van der Waals surface area contributed by atoms with Crippen LogP contribution in [0.5, 0.6) is 0 Å². The van der Waals surface area contributed by atoms with Crippen molar-refractivity contribution in [1.82, 2.24) is 0 Å². The zero-order valence-electron chi connectivity index (χ0n) is 13.3. The molecule has 10 heteroatoms. The number of carbonyl (C=O) groups excluding carboxylic acids is 1. The molecule has 25 heavy (non-hydrogen) atoms. The van der Waals surface area contributed by atoms with Gasteiger partial charge in [-0.3, -0.25) is 9.52 Å². The van der Waals surface area contributed by atoms with Crippen LogP contribution >= 0.6 is 11.6 Å². The van der Waals surface area contributed by atoms with Gasteiger partial charge in [0, 0.05) is 18.9 Å². The van der Waals surface area contributed by atoms with Crippen molar-refractivity contribution in [2.75, 3.05) is 16.3 Å². The molecule has 0 fully saturated rings. The predicted molar refractivity (Wildman–Crippen MR) is 96.1 cm³/mol. The lowest BCUT2D eigenvalue weighted by Crippen LogP contribution is -2.14. The Balaban J connectivity index is 2.28. The van der Waals surface area contributed by atoms with Gasteiger partial charge in [0.2, 0.25) is 5.91 Å². The van der Waals surface area contributed by atoms with E-state index in [-0.39, 0.29) is 26.4 Å². The molecule has 2 rings (SSSR count). The number of rotatable bonds is 5. The molecule has 0 atom stereocenters. The summed E-state index contributed by atoms with van der Waals surface area (Å²) in [5.74, 6) is -0.282. The summed E-state index contributed by atoms with van der Waals surface area (Å²) in [7, 11) is -7.37. The minimum absolute atomic E-state index is 0.0177. The van der Waals surface area contributed by atoms with E-state index in [0.717, 1.165) is 6.26 Å². The fourth-order valence-corrected chi connectivity index (χ4v) is 3.94. The lowest BCUT2D eigenvalue weighted by molar-refractivity contribution is -0.114. The van der Waals surface area contributed by atoms with Crippen molar-refractivity contribution in [2.45, 2.75) is 16.7 Å². The second-order valence-corrected chi connectivity index (χ2v) is 9.33. The Kier molecular flexibility index (Phi) is 5.40. The van der Waals surface area contributed by atoms with Crippen molar-refractivity contribution in [3.8, 4) is 0 Å². The molecule has 0 spiro atoms. The SMILES string of the molecule is CC(=O)Nc1ccc(NS(=O)(=O)c2ccc(S(C)(=O)=O)cc2)c(Cl)c1. The average molecular weight is 403 g/mol. The minimum atomic E-state index is -3.95. The third-order valence-electron chi connectivity index (χ3n) is 3.10. The van der Waals surface area contributed by atoms with Crippen LogP contribution in [0.3, 0.4) is 0 Å². The Morgan fingerprint density at radius 3 is 2.00 bits per heavy atom. The number of halogens is 1. The first kappa shape index (κ1) is 19.2. The number of benzene rings is 2. The monoisotopic (exact) mass is 402 g/mol. The maximum atomic E-state index is 12.4. The number of hydrogen-bond donors (Lipinski definition) is 2. The predicted octanol–water partition coefficient (Wildman–Crippen LogP) is 2.50. The average Bonchev–Trinajstić information content (AvgIpc) is 2.49. The topological polar surface area (TPSA) is 109 Å². The Morgan fingerprint density at radius 2 is 1.52 bits per heavy atom. The molecular weight excluding hydrogens is 388 g/mol. The number of carbonyl (C=O) groups is 1. The zero-order valence-corrected chi connectivity index (χ0v) is 15.7. The van der Waals surface area contributed by atoms with Gasteiger partial charge in [0.25, 0.3) is 10.0 Å². The summed E-state index contributed by atoms with van der Waals surface area (Å²) >= 11 is 6.03. The normalized spacial score (nSPS) is 11.8. The molecule has 0 saturated carbocycles. The fourth-order valence-electron chi connectivity index (χ4n) is 1.95. The molecule has 7 nitrogen and oxygen atoms in total. The van der Waals surface area contributed by atoms with Crippen LogP contribution in [0.1, 0.15) is 6.92 Å². The first-order valence-electron chi connectivity index (χ1n) is 6.89. The fraction of sp³-hybridized carbons (Fsp3) is 0.133. The second kappa shape index (κ2) is 7.03. The summed E-state index contributed by atoms with van der Waals surface area (Å²) in [5, 5.41) is 2.63. The third-order valence-corrected chi connectivity index (χ3v) is 5.92. The molecule has 0 radical (unpaired) electrons. The Bertz CT molecular complexity index is 1020. The summed E-state index contributed by atoms with van der Waals surface area (Å²) in [6.45, 7) is 1.34. The standard InChI is InChI=1S/C15H15ClN2O5S2/c1-10(19)17-11-3-8-15(14(16)9-11)18-25(22,23)13-6-4-12(5-7-13)24(2,20)21/h3-9,18H,1-2H3,(H,17,19). The molecule has 0 bridgehead atoms. The number of anilines is 2. The molecule has 0 unspecified atom stereocenters. The van der Waals surface area contributed by atoms with Crippen molar-refractivity contribution < 1.29 is 21.6 Å². The molecule has 2 aromatic rings. The van der Waals surface area contributed by atoms with E-state index in [0.29, 0.717) is 5.69 Å². The largest absolute Gasteiger partial charge is 0.326 e. The van der Waals surface area contributed by atoms with E-state index in [4.69, 9.17) is 11.6 Å². The van der Waals surface area contributed by atoms with Crippen molar-refractivity contribution in [1.29, 1.82) is 0 Å². The highest BCUT2D eigenvalue weighted by Crippen LogP contribution is 2.28. The van der Waals surface area contributed by atoms with Crippen LogP contribution in [-0.2, 0) is 24.7 Å². The first-order valence-corrected chi connectivity index (χ1v) is 10.6. The molecule has 0 aliphatic rings. The van der Waals surface area contributed by atoms with Crippen LogP contribution in [0.15, 0.2) is 52.3 Å². The molecular formula is C15H15ClN2O5S2. The summed E-state index contributed by atoms with van der Waals surface area (Å²) in [6, 6.07) is 9.13. The van der Waals surface area contributed by atoms with E-state index in [1.54, 1.807) is 0 Å². The van der Waals surface area contributed by atoms with Gasteiger partial charge in [-0.15, -0.1) is 0 Å². The zero-order chi connectivity index (χ0) is 18.8. The van der Waals surface area contributed by atoms with Gasteiger partial charge in [-0.25, -0.2) is 16.8 Å².